The normalized spacial score (nSPS) is 10.6. The highest BCUT2D eigenvalue weighted by Gasteiger charge is 2.01. The molecule has 1 rings (SSSR count). The van der Waals surface area contributed by atoms with Crippen LogP contribution in [0.25, 0.3) is 6.08 Å². The van der Waals surface area contributed by atoms with Crippen LogP contribution in [0.1, 0.15) is 18.4 Å². The second kappa shape index (κ2) is 6.13. The van der Waals surface area contributed by atoms with Gasteiger partial charge in [0.2, 0.25) is 0 Å². The van der Waals surface area contributed by atoms with Gasteiger partial charge in [0, 0.05) is 10.6 Å². The zero-order chi connectivity index (χ0) is 12.0. The molecule has 1 aromatic rings. The van der Waals surface area contributed by atoms with E-state index in [-0.39, 0.29) is 5.57 Å². The first kappa shape index (κ1) is 12.5. The summed E-state index contributed by atoms with van der Waals surface area (Å²) in [7, 11) is 0. The first-order valence-electron chi connectivity index (χ1n) is 4.93. The molecule has 84 valence electrons. The zero-order valence-corrected chi connectivity index (χ0v) is 9.57. The van der Waals surface area contributed by atoms with Crippen molar-refractivity contribution in [3.05, 3.63) is 53.1 Å². The van der Waals surface area contributed by atoms with Crippen LogP contribution in [0.5, 0.6) is 0 Å². The van der Waals surface area contributed by atoms with Gasteiger partial charge < -0.3 is 5.11 Å². The van der Waals surface area contributed by atoms with E-state index in [4.69, 9.17) is 16.7 Å². The highest BCUT2D eigenvalue weighted by Crippen LogP contribution is 2.17. The van der Waals surface area contributed by atoms with Crippen molar-refractivity contribution in [3.8, 4) is 0 Å². The number of carboxylic acids is 1. The fraction of sp³-hybridized carbons (Fsp3) is 0.154. The predicted octanol–water partition coefficient (Wildman–Crippen LogP) is 3.77. The van der Waals surface area contributed by atoms with Gasteiger partial charge in [0.05, 0.1) is 0 Å². The summed E-state index contributed by atoms with van der Waals surface area (Å²) in [6.45, 7) is 3.46. The Hall–Kier alpha value is -1.54. The van der Waals surface area contributed by atoms with E-state index < -0.39 is 5.97 Å². The Morgan fingerprint density at radius 2 is 2.12 bits per heavy atom. The van der Waals surface area contributed by atoms with E-state index >= 15 is 0 Å². The first-order valence-corrected chi connectivity index (χ1v) is 5.31. The number of hydrogen-bond donors (Lipinski definition) is 1. The van der Waals surface area contributed by atoms with Crippen LogP contribution in [0, 0.1) is 0 Å². The Morgan fingerprint density at radius 3 is 2.75 bits per heavy atom. The molecule has 1 N–H and O–H groups in total. The van der Waals surface area contributed by atoms with Crippen LogP contribution in [-0.2, 0) is 4.79 Å². The van der Waals surface area contributed by atoms with Gasteiger partial charge in [-0.2, -0.15) is 0 Å². The molecule has 0 unspecified atom stereocenters. The van der Waals surface area contributed by atoms with Gasteiger partial charge in [0.25, 0.3) is 0 Å². The number of rotatable bonds is 5. The molecule has 0 bridgehead atoms. The molecule has 0 saturated heterocycles. The second-order valence-electron chi connectivity index (χ2n) is 3.37. The molecule has 0 amide bonds. The monoisotopic (exact) mass is 236 g/mol. The summed E-state index contributed by atoms with van der Waals surface area (Å²) in [6.07, 6.45) is 4.89. The molecule has 3 heteroatoms. The minimum absolute atomic E-state index is 0.226. The number of carbonyl (C=O) groups is 1. The third-order valence-corrected chi connectivity index (χ3v) is 2.46. The van der Waals surface area contributed by atoms with Crippen molar-refractivity contribution in [2.75, 3.05) is 0 Å². The molecule has 0 aromatic heterocycles. The number of carboxylic acid groups (broad SMARTS) is 1. The van der Waals surface area contributed by atoms with Crippen LogP contribution in [0.4, 0.5) is 0 Å². The molecule has 0 fully saturated rings. The van der Waals surface area contributed by atoms with Crippen molar-refractivity contribution in [2.24, 2.45) is 0 Å². The Kier molecular flexibility index (Phi) is 4.80. The van der Waals surface area contributed by atoms with Gasteiger partial charge in [0.1, 0.15) is 0 Å². The van der Waals surface area contributed by atoms with Crippen LogP contribution in [0.15, 0.2) is 42.5 Å². The molecule has 0 aliphatic carbocycles. The number of aliphatic carboxylic acids is 1. The van der Waals surface area contributed by atoms with Gasteiger partial charge >= 0.3 is 5.97 Å². The lowest BCUT2D eigenvalue weighted by atomic mass is 10.1. The quantitative estimate of drug-likeness (QED) is 0.790. The van der Waals surface area contributed by atoms with E-state index in [2.05, 4.69) is 6.58 Å². The highest BCUT2D eigenvalue weighted by molar-refractivity contribution is 6.32. The molecular weight excluding hydrogens is 224 g/mol. The molecule has 0 saturated carbocycles. The maximum absolute atomic E-state index is 10.5. The van der Waals surface area contributed by atoms with Crippen LogP contribution in [-0.4, -0.2) is 11.1 Å². The number of halogens is 1. The Bertz CT molecular complexity index is 422. The topological polar surface area (TPSA) is 37.3 Å². The third-order valence-electron chi connectivity index (χ3n) is 2.12. The summed E-state index contributed by atoms with van der Waals surface area (Å²) >= 11 is 5.95. The summed E-state index contributed by atoms with van der Waals surface area (Å²) in [5.74, 6) is -0.939. The largest absolute Gasteiger partial charge is 0.478 e. The third kappa shape index (κ3) is 3.91. The van der Waals surface area contributed by atoms with Gasteiger partial charge in [-0.3, -0.25) is 0 Å². The minimum Gasteiger partial charge on any atom is -0.478 e. The van der Waals surface area contributed by atoms with E-state index in [1.54, 1.807) is 0 Å². The van der Waals surface area contributed by atoms with E-state index in [1.165, 1.54) is 0 Å². The predicted molar refractivity (Wildman–Crippen MR) is 66.5 cm³/mol. The molecule has 0 spiro atoms. The lowest BCUT2D eigenvalue weighted by Crippen LogP contribution is -1.97. The number of benzene rings is 1. The van der Waals surface area contributed by atoms with Crippen molar-refractivity contribution in [1.82, 2.24) is 0 Å². The van der Waals surface area contributed by atoms with E-state index in [0.717, 1.165) is 5.56 Å². The van der Waals surface area contributed by atoms with Crippen molar-refractivity contribution in [1.29, 1.82) is 0 Å². The summed E-state index contributed by atoms with van der Waals surface area (Å²) < 4.78 is 0. The molecule has 2 nitrogen and oxygen atoms in total. The maximum Gasteiger partial charge on any atom is 0.330 e. The summed E-state index contributed by atoms with van der Waals surface area (Å²) in [6, 6.07) is 7.50. The Morgan fingerprint density at radius 1 is 1.44 bits per heavy atom. The minimum atomic E-state index is -0.939. The van der Waals surface area contributed by atoms with E-state index in [0.29, 0.717) is 17.9 Å². The van der Waals surface area contributed by atoms with Gasteiger partial charge in [-0.15, -0.1) is 0 Å². The van der Waals surface area contributed by atoms with E-state index in [9.17, 15) is 4.79 Å². The van der Waals surface area contributed by atoms with Crippen LogP contribution in [0.2, 0.25) is 5.02 Å². The molecule has 16 heavy (non-hydrogen) atoms. The average molecular weight is 237 g/mol. The van der Waals surface area contributed by atoms with E-state index in [1.807, 2.05) is 36.4 Å². The summed E-state index contributed by atoms with van der Waals surface area (Å²) in [5, 5.41) is 9.29. The fourth-order valence-corrected chi connectivity index (χ4v) is 1.38. The standard InChI is InChI=1S/C13H13ClO2/c1-10(13(15)16)6-2-3-7-11-8-4-5-9-12(11)14/h3-5,7-9H,1-2,6H2,(H,15,16). The molecule has 1 aromatic carbocycles. The molecule has 0 radical (unpaired) electrons. The fourth-order valence-electron chi connectivity index (χ4n) is 1.19. The van der Waals surface area contributed by atoms with Crippen LogP contribution >= 0.6 is 11.6 Å². The average Bonchev–Trinajstić information content (AvgIpc) is 2.26. The molecule has 0 aliphatic heterocycles. The Balaban J connectivity index is 2.47. The first-order chi connectivity index (χ1) is 7.61. The van der Waals surface area contributed by atoms with Gasteiger partial charge in [-0.1, -0.05) is 48.5 Å². The smallest absolute Gasteiger partial charge is 0.330 e. The SMILES string of the molecule is C=C(CCC=Cc1ccccc1Cl)C(=O)O. The Labute approximate surface area is 99.9 Å². The lowest BCUT2D eigenvalue weighted by Gasteiger charge is -1.97. The van der Waals surface area contributed by atoms with Crippen LogP contribution < -0.4 is 0 Å². The number of allylic oxidation sites excluding steroid dienone is 1. The summed E-state index contributed by atoms with van der Waals surface area (Å²) in [5.41, 5.74) is 1.16. The van der Waals surface area contributed by atoms with Crippen molar-refractivity contribution in [2.45, 2.75) is 12.8 Å². The molecule has 0 atom stereocenters. The van der Waals surface area contributed by atoms with Gasteiger partial charge in [-0.05, 0) is 24.5 Å². The molecular formula is C13H13ClO2. The zero-order valence-electron chi connectivity index (χ0n) is 8.82. The maximum atomic E-state index is 10.5. The second-order valence-corrected chi connectivity index (χ2v) is 3.78. The van der Waals surface area contributed by atoms with Crippen molar-refractivity contribution in [3.63, 3.8) is 0 Å². The van der Waals surface area contributed by atoms with Crippen molar-refractivity contribution < 1.29 is 9.90 Å². The lowest BCUT2D eigenvalue weighted by molar-refractivity contribution is -0.132. The number of hydrogen-bond acceptors (Lipinski definition) is 1. The summed E-state index contributed by atoms with van der Waals surface area (Å²) in [4.78, 5) is 10.5. The molecule has 0 aliphatic rings. The highest BCUT2D eigenvalue weighted by atomic mass is 35.5. The molecule has 0 heterocycles. The van der Waals surface area contributed by atoms with Crippen LogP contribution in [0.3, 0.4) is 0 Å². The van der Waals surface area contributed by atoms with Gasteiger partial charge in [0.15, 0.2) is 0 Å². The van der Waals surface area contributed by atoms with Gasteiger partial charge in [-0.25, -0.2) is 4.79 Å². The van der Waals surface area contributed by atoms with Crippen molar-refractivity contribution >= 4 is 23.6 Å².